The molecular formula is C23H32FN3O5S. The lowest BCUT2D eigenvalue weighted by molar-refractivity contribution is -0.135. The summed E-state index contributed by atoms with van der Waals surface area (Å²) < 4.78 is 52.4. The van der Waals surface area contributed by atoms with Crippen LogP contribution in [0.1, 0.15) is 37.9 Å². The maximum atomic E-state index is 13.3. The molecule has 3 rings (SSSR count). The Balaban J connectivity index is 1.93. The number of halogens is 1. The number of amides is 1. The number of benzene rings is 1. The molecule has 1 aromatic carbocycles. The first-order valence-electron chi connectivity index (χ1n) is 11.1. The highest BCUT2D eigenvalue weighted by Gasteiger charge is 2.28. The summed E-state index contributed by atoms with van der Waals surface area (Å²) in [5, 5.41) is -0.0685. The van der Waals surface area contributed by atoms with Gasteiger partial charge in [-0.1, -0.05) is 26.0 Å². The van der Waals surface area contributed by atoms with Crippen LogP contribution in [0.3, 0.4) is 0 Å². The molecule has 2 aromatic rings. The third kappa shape index (κ3) is 6.61. The zero-order chi connectivity index (χ0) is 24.0. The van der Waals surface area contributed by atoms with Gasteiger partial charge in [0.15, 0.2) is 0 Å². The van der Waals surface area contributed by atoms with Crippen molar-refractivity contribution in [1.29, 1.82) is 0 Å². The molecule has 10 heteroatoms. The van der Waals surface area contributed by atoms with E-state index in [-0.39, 0.29) is 35.4 Å². The Kier molecular flexibility index (Phi) is 8.61. The molecule has 0 N–H and O–H groups in total. The van der Waals surface area contributed by atoms with Crippen molar-refractivity contribution >= 4 is 15.7 Å². The molecule has 1 amide bonds. The predicted molar refractivity (Wildman–Crippen MR) is 121 cm³/mol. The Morgan fingerprint density at radius 2 is 2.06 bits per heavy atom. The van der Waals surface area contributed by atoms with Crippen molar-refractivity contribution in [2.45, 2.75) is 56.8 Å². The molecule has 182 valence electrons. The SMILES string of the molecule is COCCN(Cc1cnc(S(=O)(=O)Cc2ccc(F)cc2)n1CC1CCCO1)C(=O)C(C)C. The standard InChI is InChI=1S/C23H32FN3O5S/c1-17(2)22(28)26(10-12-31-3)14-20-13-25-23(27(20)15-21-5-4-11-32-21)33(29,30)16-18-6-8-19(24)9-7-18/h6-9,13,17,21H,4-5,10-12,14-16H2,1-3H3. The lowest BCUT2D eigenvalue weighted by Crippen LogP contribution is -2.37. The zero-order valence-corrected chi connectivity index (χ0v) is 20.2. The molecule has 1 saturated heterocycles. The first-order valence-corrected chi connectivity index (χ1v) is 12.8. The quantitative estimate of drug-likeness (QED) is 0.490. The fourth-order valence-corrected chi connectivity index (χ4v) is 5.35. The van der Waals surface area contributed by atoms with Crippen LogP contribution in [0.4, 0.5) is 4.39 Å². The van der Waals surface area contributed by atoms with Crippen LogP contribution in [0.2, 0.25) is 0 Å². The normalized spacial score (nSPS) is 16.5. The highest BCUT2D eigenvalue weighted by molar-refractivity contribution is 7.90. The number of hydrogen-bond donors (Lipinski definition) is 0. The zero-order valence-electron chi connectivity index (χ0n) is 19.4. The van der Waals surface area contributed by atoms with Crippen LogP contribution in [0, 0.1) is 11.7 Å². The van der Waals surface area contributed by atoms with Gasteiger partial charge in [0.2, 0.25) is 20.9 Å². The highest BCUT2D eigenvalue weighted by Crippen LogP contribution is 2.23. The number of imidazole rings is 1. The molecule has 0 radical (unpaired) electrons. The van der Waals surface area contributed by atoms with E-state index in [4.69, 9.17) is 9.47 Å². The van der Waals surface area contributed by atoms with Crippen LogP contribution < -0.4 is 0 Å². The second-order valence-corrected chi connectivity index (χ2v) is 10.5. The summed E-state index contributed by atoms with van der Waals surface area (Å²) in [6.07, 6.45) is 3.14. The van der Waals surface area contributed by atoms with E-state index in [0.29, 0.717) is 37.6 Å². The average molecular weight is 482 g/mol. The van der Waals surface area contributed by atoms with E-state index in [1.165, 1.54) is 30.5 Å². The Hall–Kier alpha value is -2.30. The molecule has 1 fully saturated rings. The van der Waals surface area contributed by atoms with E-state index in [9.17, 15) is 17.6 Å². The first kappa shape index (κ1) is 25.3. The average Bonchev–Trinajstić information content (AvgIpc) is 3.43. The molecule has 0 aliphatic carbocycles. The van der Waals surface area contributed by atoms with Crippen molar-refractivity contribution in [2.24, 2.45) is 5.92 Å². The Morgan fingerprint density at radius 1 is 1.33 bits per heavy atom. The third-order valence-electron chi connectivity index (χ3n) is 5.58. The van der Waals surface area contributed by atoms with Crippen LogP contribution >= 0.6 is 0 Å². The molecule has 1 aliphatic heterocycles. The number of sulfone groups is 1. The van der Waals surface area contributed by atoms with E-state index >= 15 is 0 Å². The molecule has 1 atom stereocenters. The number of carbonyl (C=O) groups is 1. The van der Waals surface area contributed by atoms with Crippen LogP contribution in [0.5, 0.6) is 0 Å². The molecule has 1 unspecified atom stereocenters. The van der Waals surface area contributed by atoms with Crippen molar-refractivity contribution < 1.29 is 27.1 Å². The van der Waals surface area contributed by atoms with Gasteiger partial charge in [0.05, 0.1) is 43.4 Å². The fourth-order valence-electron chi connectivity index (χ4n) is 3.85. The van der Waals surface area contributed by atoms with Gasteiger partial charge in [0.25, 0.3) is 0 Å². The number of methoxy groups -OCH3 is 1. The van der Waals surface area contributed by atoms with Gasteiger partial charge in [-0.05, 0) is 30.5 Å². The summed E-state index contributed by atoms with van der Waals surface area (Å²) in [6.45, 7) is 5.59. The van der Waals surface area contributed by atoms with Gasteiger partial charge in [0.1, 0.15) is 5.82 Å². The van der Waals surface area contributed by atoms with Crippen LogP contribution in [-0.4, -0.2) is 61.7 Å². The first-order chi connectivity index (χ1) is 15.7. The highest BCUT2D eigenvalue weighted by atomic mass is 32.2. The Morgan fingerprint density at radius 3 is 2.67 bits per heavy atom. The van der Waals surface area contributed by atoms with Crippen LogP contribution in [-0.2, 0) is 42.9 Å². The smallest absolute Gasteiger partial charge is 0.228 e. The van der Waals surface area contributed by atoms with E-state index in [2.05, 4.69) is 4.98 Å². The summed E-state index contributed by atoms with van der Waals surface area (Å²) in [5.74, 6) is -0.983. The van der Waals surface area contributed by atoms with Gasteiger partial charge in [-0.2, -0.15) is 0 Å². The minimum absolute atomic E-state index is 0.0485. The van der Waals surface area contributed by atoms with E-state index < -0.39 is 15.7 Å². The predicted octanol–water partition coefficient (Wildman–Crippen LogP) is 2.81. The minimum atomic E-state index is -3.82. The number of hydrogen-bond acceptors (Lipinski definition) is 6. The molecule has 1 aromatic heterocycles. The largest absolute Gasteiger partial charge is 0.383 e. The van der Waals surface area contributed by atoms with Gasteiger partial charge in [-0.15, -0.1) is 0 Å². The Labute approximate surface area is 194 Å². The summed E-state index contributed by atoms with van der Waals surface area (Å²) in [4.78, 5) is 18.7. The van der Waals surface area contributed by atoms with E-state index in [0.717, 1.165) is 12.8 Å². The van der Waals surface area contributed by atoms with E-state index in [1.807, 2.05) is 13.8 Å². The summed E-state index contributed by atoms with van der Waals surface area (Å²) in [6, 6.07) is 5.38. The Bertz CT molecular complexity index is 1030. The molecular weight excluding hydrogens is 449 g/mol. The maximum absolute atomic E-state index is 13.3. The fraction of sp³-hybridized carbons (Fsp3) is 0.565. The van der Waals surface area contributed by atoms with Gasteiger partial charge in [-0.25, -0.2) is 17.8 Å². The third-order valence-corrected chi connectivity index (χ3v) is 7.18. The molecule has 2 heterocycles. The minimum Gasteiger partial charge on any atom is -0.383 e. The topological polar surface area (TPSA) is 90.7 Å². The summed E-state index contributed by atoms with van der Waals surface area (Å²) >= 11 is 0. The second-order valence-electron chi connectivity index (χ2n) is 8.57. The van der Waals surface area contributed by atoms with Crippen molar-refractivity contribution in [1.82, 2.24) is 14.5 Å². The lowest BCUT2D eigenvalue weighted by Gasteiger charge is -2.25. The van der Waals surface area contributed by atoms with Gasteiger partial charge in [-0.3, -0.25) is 4.79 Å². The summed E-state index contributed by atoms with van der Waals surface area (Å²) in [5.41, 5.74) is 1.09. The molecule has 8 nitrogen and oxygen atoms in total. The number of carbonyl (C=O) groups excluding carboxylic acids is 1. The number of aromatic nitrogens is 2. The number of nitrogens with zero attached hydrogens (tertiary/aromatic N) is 3. The van der Waals surface area contributed by atoms with Crippen LogP contribution in [0.15, 0.2) is 35.6 Å². The van der Waals surface area contributed by atoms with Gasteiger partial charge < -0.3 is 18.9 Å². The second kappa shape index (κ2) is 11.2. The summed E-state index contributed by atoms with van der Waals surface area (Å²) in [7, 11) is -2.25. The maximum Gasteiger partial charge on any atom is 0.228 e. The van der Waals surface area contributed by atoms with E-state index in [1.54, 1.807) is 16.6 Å². The number of ether oxygens (including phenoxy) is 2. The van der Waals surface area contributed by atoms with Crippen molar-refractivity contribution in [2.75, 3.05) is 26.9 Å². The molecule has 0 bridgehead atoms. The number of rotatable bonds is 11. The van der Waals surface area contributed by atoms with Crippen LogP contribution in [0.25, 0.3) is 0 Å². The van der Waals surface area contributed by atoms with Crippen molar-refractivity contribution in [3.05, 3.63) is 47.5 Å². The van der Waals surface area contributed by atoms with Gasteiger partial charge >= 0.3 is 0 Å². The molecule has 1 aliphatic rings. The van der Waals surface area contributed by atoms with Crippen molar-refractivity contribution in [3.63, 3.8) is 0 Å². The van der Waals surface area contributed by atoms with Crippen molar-refractivity contribution in [3.8, 4) is 0 Å². The monoisotopic (exact) mass is 481 g/mol. The molecule has 33 heavy (non-hydrogen) atoms. The molecule has 0 saturated carbocycles. The molecule has 0 spiro atoms. The lowest BCUT2D eigenvalue weighted by atomic mass is 10.2. The van der Waals surface area contributed by atoms with Gasteiger partial charge in [0, 0.05) is 26.2 Å².